The second kappa shape index (κ2) is 10.5. The van der Waals surface area contributed by atoms with Gasteiger partial charge in [0, 0.05) is 12.0 Å². The van der Waals surface area contributed by atoms with Gasteiger partial charge in [-0.1, -0.05) is 48.5 Å². The normalized spacial score (nSPS) is 14.2. The van der Waals surface area contributed by atoms with Crippen molar-refractivity contribution in [3.63, 3.8) is 0 Å². The van der Waals surface area contributed by atoms with Crippen LogP contribution in [0.5, 0.6) is 11.5 Å². The average molecular weight is 539 g/mol. The Bertz CT molecular complexity index is 1160. The summed E-state index contributed by atoms with van der Waals surface area (Å²) in [6, 6.07) is 23.4. The van der Waals surface area contributed by atoms with Gasteiger partial charge >= 0.3 is 5.97 Å². The van der Waals surface area contributed by atoms with Crippen molar-refractivity contribution in [3.8, 4) is 11.5 Å². The van der Waals surface area contributed by atoms with Gasteiger partial charge in [0.2, 0.25) is 5.90 Å². The van der Waals surface area contributed by atoms with Crippen LogP contribution in [0.1, 0.15) is 23.6 Å². The van der Waals surface area contributed by atoms with E-state index < -0.39 is 5.97 Å². The van der Waals surface area contributed by atoms with E-state index in [9.17, 15) is 4.79 Å². The highest BCUT2D eigenvalue weighted by molar-refractivity contribution is 14.1. The van der Waals surface area contributed by atoms with E-state index in [1.54, 1.807) is 6.08 Å². The van der Waals surface area contributed by atoms with Crippen molar-refractivity contribution in [1.82, 2.24) is 0 Å². The molecule has 0 aromatic heterocycles. The molecule has 162 valence electrons. The van der Waals surface area contributed by atoms with E-state index in [1.165, 1.54) is 5.56 Å². The lowest BCUT2D eigenvalue weighted by Crippen LogP contribution is -2.06. The maximum Gasteiger partial charge on any atom is 0.363 e. The van der Waals surface area contributed by atoms with E-state index in [2.05, 4.69) is 39.7 Å². The molecule has 0 spiro atoms. The standard InChI is InChI=1S/C26H22INO4/c1-2-30-23-17-19(15-21(27)24(23)31-14-13-18-9-5-3-6-10-18)16-22-26(29)32-25(28-22)20-11-7-4-8-12-20/h3-12,15-17H,2,13-14H2,1H3/b22-16-. The highest BCUT2D eigenvalue weighted by atomic mass is 127. The fourth-order valence-corrected chi connectivity index (χ4v) is 4.04. The number of cyclic esters (lactones) is 1. The lowest BCUT2D eigenvalue weighted by Gasteiger charge is -2.15. The van der Waals surface area contributed by atoms with Crippen LogP contribution >= 0.6 is 22.6 Å². The molecule has 0 radical (unpaired) electrons. The number of rotatable bonds is 8. The molecule has 6 heteroatoms. The lowest BCUT2D eigenvalue weighted by atomic mass is 10.1. The molecular formula is C26H22INO4. The number of carbonyl (C=O) groups excluding carboxylic acids is 1. The zero-order valence-corrected chi connectivity index (χ0v) is 19.7. The molecule has 3 aromatic carbocycles. The minimum Gasteiger partial charge on any atom is -0.490 e. The summed E-state index contributed by atoms with van der Waals surface area (Å²) in [4.78, 5) is 16.7. The number of halogens is 1. The predicted octanol–water partition coefficient (Wildman–Crippen LogP) is 5.66. The van der Waals surface area contributed by atoms with Crippen molar-refractivity contribution >= 4 is 40.5 Å². The van der Waals surface area contributed by atoms with Gasteiger partial charge in [-0.15, -0.1) is 0 Å². The molecule has 1 aliphatic rings. The molecule has 0 saturated carbocycles. The zero-order chi connectivity index (χ0) is 22.3. The van der Waals surface area contributed by atoms with Gasteiger partial charge in [-0.25, -0.2) is 9.79 Å². The number of esters is 1. The van der Waals surface area contributed by atoms with Crippen molar-refractivity contribution in [2.45, 2.75) is 13.3 Å². The molecule has 0 aliphatic carbocycles. The molecule has 4 rings (SSSR count). The molecule has 0 amide bonds. The van der Waals surface area contributed by atoms with Crippen molar-refractivity contribution in [1.29, 1.82) is 0 Å². The van der Waals surface area contributed by atoms with Crippen LogP contribution in [0.15, 0.2) is 83.5 Å². The van der Waals surface area contributed by atoms with Crippen molar-refractivity contribution < 1.29 is 19.0 Å². The fraction of sp³-hybridized carbons (Fsp3) is 0.154. The van der Waals surface area contributed by atoms with Gasteiger partial charge in [-0.3, -0.25) is 0 Å². The molecule has 0 bridgehead atoms. The summed E-state index contributed by atoms with van der Waals surface area (Å²) in [7, 11) is 0. The van der Waals surface area contributed by atoms with Gasteiger partial charge in [-0.2, -0.15) is 0 Å². The Kier molecular flexibility index (Phi) is 7.21. The number of hydrogen-bond acceptors (Lipinski definition) is 5. The summed E-state index contributed by atoms with van der Waals surface area (Å²) in [6.45, 7) is 2.97. The van der Waals surface area contributed by atoms with E-state index in [0.717, 1.165) is 21.1 Å². The molecule has 1 aliphatic heterocycles. The Morgan fingerprint density at radius 1 is 1.00 bits per heavy atom. The average Bonchev–Trinajstić information content (AvgIpc) is 3.17. The van der Waals surface area contributed by atoms with Crippen LogP contribution in [0, 0.1) is 3.57 Å². The molecule has 0 saturated heterocycles. The quantitative estimate of drug-likeness (QED) is 0.211. The second-order valence-electron chi connectivity index (χ2n) is 7.05. The van der Waals surface area contributed by atoms with Crippen molar-refractivity contribution in [3.05, 3.63) is 98.8 Å². The van der Waals surface area contributed by atoms with E-state index in [4.69, 9.17) is 14.2 Å². The Balaban J connectivity index is 1.56. The van der Waals surface area contributed by atoms with Crippen LogP contribution in [-0.2, 0) is 16.0 Å². The summed E-state index contributed by atoms with van der Waals surface area (Å²) < 4.78 is 18.1. The van der Waals surface area contributed by atoms with E-state index in [0.29, 0.717) is 30.6 Å². The number of benzene rings is 3. The van der Waals surface area contributed by atoms with Gasteiger partial charge in [0.25, 0.3) is 0 Å². The van der Waals surface area contributed by atoms with Crippen LogP contribution < -0.4 is 9.47 Å². The molecule has 5 nitrogen and oxygen atoms in total. The monoisotopic (exact) mass is 539 g/mol. The Morgan fingerprint density at radius 3 is 2.44 bits per heavy atom. The molecular weight excluding hydrogens is 517 g/mol. The molecule has 0 N–H and O–H groups in total. The number of nitrogens with zero attached hydrogens (tertiary/aromatic N) is 1. The van der Waals surface area contributed by atoms with Gasteiger partial charge in [0.05, 0.1) is 16.8 Å². The molecule has 1 heterocycles. The molecule has 0 fully saturated rings. The molecule has 0 atom stereocenters. The summed E-state index contributed by atoms with van der Waals surface area (Å²) in [5, 5.41) is 0. The SMILES string of the molecule is CCOc1cc(/C=C2\N=C(c3ccccc3)OC2=O)cc(I)c1OCCc1ccccc1. The number of ether oxygens (including phenoxy) is 3. The van der Waals surface area contributed by atoms with Crippen LogP contribution in [0.25, 0.3) is 6.08 Å². The first kappa shape index (κ1) is 22.1. The summed E-state index contributed by atoms with van der Waals surface area (Å²) >= 11 is 2.22. The predicted molar refractivity (Wildman–Crippen MR) is 133 cm³/mol. The number of carbonyl (C=O) groups is 1. The van der Waals surface area contributed by atoms with E-state index >= 15 is 0 Å². The third-order valence-electron chi connectivity index (χ3n) is 4.76. The maximum atomic E-state index is 12.3. The number of aliphatic imine (C=N–C) groups is 1. The summed E-state index contributed by atoms with van der Waals surface area (Å²) in [5.41, 5.74) is 3.02. The smallest absolute Gasteiger partial charge is 0.363 e. The van der Waals surface area contributed by atoms with Gasteiger partial charge in [0.15, 0.2) is 17.2 Å². The molecule has 3 aromatic rings. The maximum absolute atomic E-state index is 12.3. The van der Waals surface area contributed by atoms with Crippen LogP contribution in [0.2, 0.25) is 0 Å². The van der Waals surface area contributed by atoms with E-state index in [-0.39, 0.29) is 5.70 Å². The van der Waals surface area contributed by atoms with E-state index in [1.807, 2.05) is 67.6 Å². The van der Waals surface area contributed by atoms with Crippen LogP contribution in [0.3, 0.4) is 0 Å². The highest BCUT2D eigenvalue weighted by Crippen LogP contribution is 2.35. The third kappa shape index (κ3) is 5.37. The third-order valence-corrected chi connectivity index (χ3v) is 5.56. The molecule has 0 unspecified atom stereocenters. The Morgan fingerprint density at radius 2 is 1.72 bits per heavy atom. The van der Waals surface area contributed by atoms with Gasteiger partial charge in [0.1, 0.15) is 0 Å². The summed E-state index contributed by atoms with van der Waals surface area (Å²) in [6.07, 6.45) is 2.51. The van der Waals surface area contributed by atoms with Gasteiger partial charge < -0.3 is 14.2 Å². The first-order chi connectivity index (χ1) is 15.6. The first-order valence-corrected chi connectivity index (χ1v) is 11.4. The fourth-order valence-electron chi connectivity index (χ4n) is 3.26. The minimum atomic E-state index is -0.472. The van der Waals surface area contributed by atoms with Crippen LogP contribution in [-0.4, -0.2) is 25.1 Å². The topological polar surface area (TPSA) is 57.1 Å². The van der Waals surface area contributed by atoms with Gasteiger partial charge in [-0.05, 0) is 71.0 Å². The Hall–Kier alpha value is -3.13. The van der Waals surface area contributed by atoms with Crippen molar-refractivity contribution in [2.24, 2.45) is 4.99 Å². The largest absolute Gasteiger partial charge is 0.490 e. The summed E-state index contributed by atoms with van der Waals surface area (Å²) in [5.74, 6) is 1.17. The minimum absolute atomic E-state index is 0.250. The number of hydrogen-bond donors (Lipinski definition) is 0. The highest BCUT2D eigenvalue weighted by Gasteiger charge is 2.24. The molecule has 32 heavy (non-hydrogen) atoms. The zero-order valence-electron chi connectivity index (χ0n) is 17.6. The van der Waals surface area contributed by atoms with Crippen LogP contribution in [0.4, 0.5) is 0 Å². The second-order valence-corrected chi connectivity index (χ2v) is 8.21. The first-order valence-electron chi connectivity index (χ1n) is 10.3. The Labute approximate surface area is 200 Å². The van der Waals surface area contributed by atoms with Crippen molar-refractivity contribution in [2.75, 3.05) is 13.2 Å². The lowest BCUT2D eigenvalue weighted by molar-refractivity contribution is -0.129.